The van der Waals surface area contributed by atoms with Crippen LogP contribution in [0.3, 0.4) is 0 Å². The standard InChI is InChI=1S/C17H12F3NO4/c1-24-16(23)13-4-2-3-12-14(13)9-21(15(12)22)10-5-7-11(8-6-10)25-17(18,19)20/h2-8H,9H2,1H3. The Hall–Kier alpha value is -3.03. The zero-order valence-electron chi connectivity index (χ0n) is 13.0. The molecule has 1 aliphatic heterocycles. The summed E-state index contributed by atoms with van der Waals surface area (Å²) >= 11 is 0. The highest BCUT2D eigenvalue weighted by atomic mass is 19.4. The number of fused-ring (bicyclic) bond motifs is 1. The molecule has 2 aromatic rings. The first-order chi connectivity index (χ1) is 11.8. The number of carbonyl (C=O) groups excluding carboxylic acids is 2. The summed E-state index contributed by atoms with van der Waals surface area (Å²) in [5, 5.41) is 0. The average Bonchev–Trinajstić information content (AvgIpc) is 2.90. The van der Waals surface area contributed by atoms with E-state index in [0.717, 1.165) is 12.1 Å². The second-order valence-corrected chi connectivity index (χ2v) is 5.26. The van der Waals surface area contributed by atoms with Crippen LogP contribution in [0.5, 0.6) is 5.75 Å². The molecule has 8 heteroatoms. The molecule has 5 nitrogen and oxygen atoms in total. The molecule has 2 aromatic carbocycles. The van der Waals surface area contributed by atoms with E-state index in [2.05, 4.69) is 4.74 Å². The largest absolute Gasteiger partial charge is 0.573 e. The lowest BCUT2D eigenvalue weighted by Gasteiger charge is -2.16. The number of carbonyl (C=O) groups is 2. The Bertz CT molecular complexity index is 831. The summed E-state index contributed by atoms with van der Waals surface area (Å²) in [4.78, 5) is 25.7. The van der Waals surface area contributed by atoms with Gasteiger partial charge in [-0.15, -0.1) is 13.2 Å². The monoisotopic (exact) mass is 351 g/mol. The number of ether oxygens (including phenoxy) is 2. The Kier molecular flexibility index (Phi) is 4.12. The average molecular weight is 351 g/mol. The van der Waals surface area contributed by atoms with Gasteiger partial charge in [-0.25, -0.2) is 4.79 Å². The fourth-order valence-electron chi connectivity index (χ4n) is 2.67. The van der Waals surface area contributed by atoms with Gasteiger partial charge < -0.3 is 14.4 Å². The molecule has 0 N–H and O–H groups in total. The molecule has 0 saturated heterocycles. The molecule has 25 heavy (non-hydrogen) atoms. The SMILES string of the molecule is COC(=O)c1cccc2c1CN(c1ccc(OC(F)(F)F)cc1)C2=O. The van der Waals surface area contributed by atoms with Crippen molar-refractivity contribution in [1.29, 1.82) is 0 Å². The van der Waals surface area contributed by atoms with Crippen LogP contribution in [0, 0.1) is 0 Å². The van der Waals surface area contributed by atoms with Crippen molar-refractivity contribution < 1.29 is 32.2 Å². The Morgan fingerprint density at radius 2 is 1.80 bits per heavy atom. The fraction of sp³-hybridized carbons (Fsp3) is 0.176. The van der Waals surface area contributed by atoms with E-state index in [1.54, 1.807) is 18.2 Å². The van der Waals surface area contributed by atoms with Crippen molar-refractivity contribution in [2.45, 2.75) is 12.9 Å². The van der Waals surface area contributed by atoms with Crippen molar-refractivity contribution in [3.8, 4) is 5.75 Å². The molecule has 1 aliphatic rings. The first-order valence-corrected chi connectivity index (χ1v) is 7.18. The number of alkyl halides is 3. The third-order valence-corrected chi connectivity index (χ3v) is 3.76. The molecule has 0 bridgehead atoms. The van der Waals surface area contributed by atoms with Crippen molar-refractivity contribution in [3.63, 3.8) is 0 Å². The van der Waals surface area contributed by atoms with Gasteiger partial charge in [-0.3, -0.25) is 4.79 Å². The fourth-order valence-corrected chi connectivity index (χ4v) is 2.67. The Morgan fingerprint density at radius 1 is 1.12 bits per heavy atom. The minimum atomic E-state index is -4.78. The maximum Gasteiger partial charge on any atom is 0.573 e. The number of hydrogen-bond donors (Lipinski definition) is 0. The Labute approximate surface area is 140 Å². The molecule has 0 aromatic heterocycles. The summed E-state index contributed by atoms with van der Waals surface area (Å²) in [6.07, 6.45) is -4.78. The van der Waals surface area contributed by atoms with Crippen LogP contribution in [0.2, 0.25) is 0 Å². The quantitative estimate of drug-likeness (QED) is 0.794. The van der Waals surface area contributed by atoms with Crippen LogP contribution in [0.15, 0.2) is 42.5 Å². The zero-order chi connectivity index (χ0) is 18.2. The van der Waals surface area contributed by atoms with Crippen LogP contribution in [-0.2, 0) is 11.3 Å². The van der Waals surface area contributed by atoms with E-state index in [9.17, 15) is 22.8 Å². The van der Waals surface area contributed by atoms with Gasteiger partial charge in [0.1, 0.15) is 5.75 Å². The lowest BCUT2D eigenvalue weighted by Crippen LogP contribution is -2.23. The molecular weight excluding hydrogens is 339 g/mol. The number of methoxy groups -OCH3 is 1. The first-order valence-electron chi connectivity index (χ1n) is 7.18. The van der Waals surface area contributed by atoms with Crippen molar-refractivity contribution in [1.82, 2.24) is 0 Å². The van der Waals surface area contributed by atoms with Gasteiger partial charge in [0.15, 0.2) is 0 Å². The Balaban J connectivity index is 1.88. The van der Waals surface area contributed by atoms with Gasteiger partial charge in [-0.05, 0) is 42.0 Å². The molecule has 0 unspecified atom stereocenters. The third-order valence-electron chi connectivity index (χ3n) is 3.76. The highest BCUT2D eigenvalue weighted by Gasteiger charge is 2.33. The van der Waals surface area contributed by atoms with Gasteiger partial charge in [0.25, 0.3) is 5.91 Å². The molecule has 0 spiro atoms. The lowest BCUT2D eigenvalue weighted by atomic mass is 10.0. The van der Waals surface area contributed by atoms with Gasteiger partial charge in [0.2, 0.25) is 0 Å². The number of hydrogen-bond acceptors (Lipinski definition) is 4. The molecule has 3 rings (SSSR count). The molecule has 0 radical (unpaired) electrons. The van der Waals surface area contributed by atoms with Crippen LogP contribution in [0.25, 0.3) is 0 Å². The van der Waals surface area contributed by atoms with E-state index >= 15 is 0 Å². The number of benzene rings is 2. The second kappa shape index (κ2) is 6.12. The van der Waals surface area contributed by atoms with Crippen molar-refractivity contribution >= 4 is 17.6 Å². The van der Waals surface area contributed by atoms with Gasteiger partial charge >= 0.3 is 12.3 Å². The number of anilines is 1. The predicted octanol–water partition coefficient (Wildman–Crippen LogP) is 3.53. The summed E-state index contributed by atoms with van der Waals surface area (Å²) in [6.45, 7) is 0.124. The normalized spacial score (nSPS) is 13.6. The molecule has 130 valence electrons. The van der Waals surface area contributed by atoms with Gasteiger partial charge in [0.05, 0.1) is 19.2 Å². The summed E-state index contributed by atoms with van der Waals surface area (Å²) < 4.78 is 45.1. The molecule has 0 fully saturated rings. The van der Waals surface area contributed by atoms with E-state index in [0.29, 0.717) is 16.8 Å². The van der Waals surface area contributed by atoms with Crippen LogP contribution < -0.4 is 9.64 Å². The predicted molar refractivity (Wildman–Crippen MR) is 81.4 cm³/mol. The summed E-state index contributed by atoms with van der Waals surface area (Å²) in [6, 6.07) is 9.67. The minimum Gasteiger partial charge on any atom is -0.465 e. The van der Waals surface area contributed by atoms with Crippen LogP contribution in [0.1, 0.15) is 26.3 Å². The topological polar surface area (TPSA) is 55.8 Å². The van der Waals surface area contributed by atoms with Crippen molar-refractivity contribution in [3.05, 3.63) is 59.2 Å². The van der Waals surface area contributed by atoms with Crippen LogP contribution >= 0.6 is 0 Å². The summed E-state index contributed by atoms with van der Waals surface area (Å²) in [7, 11) is 1.25. The van der Waals surface area contributed by atoms with Gasteiger partial charge in [0, 0.05) is 11.3 Å². The number of halogens is 3. The van der Waals surface area contributed by atoms with Gasteiger partial charge in [-0.1, -0.05) is 6.07 Å². The van der Waals surface area contributed by atoms with E-state index in [1.807, 2.05) is 0 Å². The van der Waals surface area contributed by atoms with Crippen molar-refractivity contribution in [2.24, 2.45) is 0 Å². The lowest BCUT2D eigenvalue weighted by molar-refractivity contribution is -0.274. The van der Waals surface area contributed by atoms with Gasteiger partial charge in [-0.2, -0.15) is 0 Å². The second-order valence-electron chi connectivity index (χ2n) is 5.26. The number of rotatable bonds is 3. The van der Waals surface area contributed by atoms with E-state index in [1.165, 1.54) is 24.1 Å². The highest BCUT2D eigenvalue weighted by Crippen LogP contribution is 2.32. The molecular formula is C17H12F3NO4. The zero-order valence-corrected chi connectivity index (χ0v) is 13.0. The minimum absolute atomic E-state index is 0.124. The summed E-state index contributed by atoms with van der Waals surface area (Å²) in [5.41, 5.74) is 1.56. The maximum atomic E-state index is 12.5. The smallest absolute Gasteiger partial charge is 0.465 e. The number of nitrogens with zero attached hydrogens (tertiary/aromatic N) is 1. The molecule has 1 amide bonds. The Morgan fingerprint density at radius 3 is 2.40 bits per heavy atom. The van der Waals surface area contributed by atoms with Crippen molar-refractivity contribution in [2.75, 3.05) is 12.0 Å². The maximum absolute atomic E-state index is 12.5. The molecule has 0 atom stereocenters. The highest BCUT2D eigenvalue weighted by molar-refractivity contribution is 6.12. The molecule has 1 heterocycles. The van der Waals surface area contributed by atoms with E-state index in [-0.39, 0.29) is 23.8 Å². The molecule has 0 aliphatic carbocycles. The molecule has 0 saturated carbocycles. The third kappa shape index (κ3) is 3.28. The summed E-state index contributed by atoms with van der Waals surface area (Å²) in [5.74, 6) is -1.28. The van der Waals surface area contributed by atoms with E-state index < -0.39 is 12.3 Å². The number of esters is 1. The van der Waals surface area contributed by atoms with Crippen LogP contribution in [0.4, 0.5) is 18.9 Å². The van der Waals surface area contributed by atoms with Crippen LogP contribution in [-0.4, -0.2) is 25.3 Å². The first kappa shape index (κ1) is 16.8. The number of amides is 1. The van der Waals surface area contributed by atoms with E-state index in [4.69, 9.17) is 4.74 Å².